The summed E-state index contributed by atoms with van der Waals surface area (Å²) in [5, 5.41) is 2.88. The Morgan fingerprint density at radius 3 is 2.54 bits per heavy atom. The topological polar surface area (TPSA) is 46.2 Å². The van der Waals surface area contributed by atoms with Crippen LogP contribution in [-0.4, -0.2) is 21.9 Å². The number of benzene rings is 1. The fraction of sp³-hybridized carbons (Fsp3) is 0.588. The molecule has 1 aromatic carbocycles. The van der Waals surface area contributed by atoms with Crippen molar-refractivity contribution in [1.82, 2.24) is 5.32 Å². The molecule has 0 saturated heterocycles. The Bertz CT molecular complexity index is 596. The Labute approximate surface area is 142 Å². The van der Waals surface area contributed by atoms with Crippen molar-refractivity contribution in [2.75, 3.05) is 5.75 Å². The summed E-state index contributed by atoms with van der Waals surface area (Å²) >= 11 is 0. The van der Waals surface area contributed by atoms with Crippen molar-refractivity contribution in [3.05, 3.63) is 35.4 Å². The van der Waals surface area contributed by atoms with Crippen molar-refractivity contribution >= 4 is 16.7 Å². The van der Waals surface area contributed by atoms with Crippen LogP contribution in [0.5, 0.6) is 0 Å². The number of nitrogens with one attached hydrogen (secondary N) is 1. The predicted molar refractivity (Wildman–Crippen MR) is 87.7 cm³/mol. The minimum atomic E-state index is -4.42. The molecule has 1 fully saturated rings. The van der Waals surface area contributed by atoms with Gasteiger partial charge in [-0.25, -0.2) is 0 Å². The van der Waals surface area contributed by atoms with Crippen LogP contribution in [0, 0.1) is 5.92 Å². The first-order valence-corrected chi connectivity index (χ1v) is 9.53. The van der Waals surface area contributed by atoms with E-state index in [1.807, 2.05) is 0 Å². The molecule has 0 spiro atoms. The van der Waals surface area contributed by atoms with Gasteiger partial charge in [0.15, 0.2) is 0 Å². The number of halogens is 3. The first kappa shape index (κ1) is 19.0. The average molecular weight is 361 g/mol. The third-order valence-corrected chi connectivity index (χ3v) is 5.49. The monoisotopic (exact) mass is 361 g/mol. The SMILES string of the molecule is CC1CCC(NC(=O)CS(=O)Cc2cccc(C(F)(F)F)c2)CC1. The Morgan fingerprint density at radius 1 is 1.25 bits per heavy atom. The fourth-order valence-electron chi connectivity index (χ4n) is 2.89. The maximum Gasteiger partial charge on any atom is 0.416 e. The molecule has 0 aromatic heterocycles. The highest BCUT2D eigenvalue weighted by molar-refractivity contribution is 7.84. The second-order valence-corrected chi connectivity index (χ2v) is 7.91. The van der Waals surface area contributed by atoms with Crippen LogP contribution in [0.1, 0.15) is 43.7 Å². The van der Waals surface area contributed by atoms with Gasteiger partial charge in [-0.2, -0.15) is 13.2 Å². The Morgan fingerprint density at radius 2 is 1.92 bits per heavy atom. The molecule has 2 rings (SSSR count). The van der Waals surface area contributed by atoms with Gasteiger partial charge < -0.3 is 5.32 Å². The molecule has 1 aliphatic carbocycles. The molecule has 7 heteroatoms. The van der Waals surface area contributed by atoms with Gasteiger partial charge in [0.05, 0.1) is 5.56 Å². The number of carbonyl (C=O) groups excluding carboxylic acids is 1. The van der Waals surface area contributed by atoms with Gasteiger partial charge in [-0.3, -0.25) is 9.00 Å². The van der Waals surface area contributed by atoms with Crippen molar-refractivity contribution in [2.24, 2.45) is 5.92 Å². The molecule has 134 valence electrons. The maximum absolute atomic E-state index is 12.7. The fourth-order valence-corrected chi connectivity index (χ4v) is 3.92. The van der Waals surface area contributed by atoms with Crippen LogP contribution >= 0.6 is 0 Å². The molecule has 0 aliphatic heterocycles. The minimum Gasteiger partial charge on any atom is -0.353 e. The number of rotatable bonds is 5. The van der Waals surface area contributed by atoms with Crippen LogP contribution in [0.3, 0.4) is 0 Å². The van der Waals surface area contributed by atoms with E-state index in [-0.39, 0.29) is 23.5 Å². The van der Waals surface area contributed by atoms with Crippen LogP contribution in [0.4, 0.5) is 13.2 Å². The third-order valence-electron chi connectivity index (χ3n) is 4.26. The van der Waals surface area contributed by atoms with Gasteiger partial charge in [0.2, 0.25) is 5.91 Å². The Balaban J connectivity index is 1.83. The molecular formula is C17H22F3NO2S. The lowest BCUT2D eigenvalue weighted by Crippen LogP contribution is -2.39. The van der Waals surface area contributed by atoms with E-state index >= 15 is 0 Å². The standard InChI is InChI=1S/C17H22F3NO2S/c1-12-5-7-15(8-6-12)21-16(22)11-24(23)10-13-3-2-4-14(9-13)17(18,19)20/h2-4,9,12,15H,5-8,10-11H2,1H3,(H,21,22). The summed E-state index contributed by atoms with van der Waals surface area (Å²) in [4.78, 5) is 11.9. The summed E-state index contributed by atoms with van der Waals surface area (Å²) < 4.78 is 50.0. The molecule has 1 aromatic rings. The molecule has 0 heterocycles. The van der Waals surface area contributed by atoms with Gasteiger partial charge >= 0.3 is 6.18 Å². The van der Waals surface area contributed by atoms with Gasteiger partial charge in [-0.15, -0.1) is 0 Å². The summed E-state index contributed by atoms with van der Waals surface area (Å²) in [5.41, 5.74) is -0.444. The molecular weight excluding hydrogens is 339 g/mol. The van der Waals surface area contributed by atoms with Gasteiger partial charge in [-0.05, 0) is 43.2 Å². The lowest BCUT2D eigenvalue weighted by Gasteiger charge is -2.26. The highest BCUT2D eigenvalue weighted by atomic mass is 32.2. The van der Waals surface area contributed by atoms with Gasteiger partial charge in [0, 0.05) is 22.6 Å². The van der Waals surface area contributed by atoms with E-state index in [0.717, 1.165) is 37.8 Å². The van der Waals surface area contributed by atoms with E-state index in [4.69, 9.17) is 0 Å². The predicted octanol–water partition coefficient (Wildman–Crippen LogP) is 3.65. The van der Waals surface area contributed by atoms with E-state index in [0.29, 0.717) is 11.5 Å². The smallest absolute Gasteiger partial charge is 0.353 e. The molecule has 24 heavy (non-hydrogen) atoms. The first-order chi connectivity index (χ1) is 11.2. The van der Waals surface area contributed by atoms with Crippen LogP contribution in [0.25, 0.3) is 0 Å². The van der Waals surface area contributed by atoms with Crippen LogP contribution < -0.4 is 5.32 Å². The van der Waals surface area contributed by atoms with Gasteiger partial charge in [0.25, 0.3) is 0 Å². The lowest BCUT2D eigenvalue weighted by atomic mass is 9.87. The summed E-state index contributed by atoms with van der Waals surface area (Å²) in [7, 11) is -1.53. The van der Waals surface area contributed by atoms with E-state index in [2.05, 4.69) is 12.2 Å². The summed E-state index contributed by atoms with van der Waals surface area (Å²) in [5.74, 6) is 0.148. The van der Waals surface area contributed by atoms with Gasteiger partial charge in [0.1, 0.15) is 5.75 Å². The number of hydrogen-bond donors (Lipinski definition) is 1. The molecule has 1 unspecified atom stereocenters. The zero-order valence-corrected chi connectivity index (χ0v) is 14.4. The summed E-state index contributed by atoms with van der Waals surface area (Å²) in [6.45, 7) is 2.18. The number of alkyl halides is 3. The Kier molecular flexibility index (Phi) is 6.43. The van der Waals surface area contributed by atoms with Crippen molar-refractivity contribution in [1.29, 1.82) is 0 Å². The van der Waals surface area contributed by atoms with E-state index in [1.54, 1.807) is 0 Å². The van der Waals surface area contributed by atoms with Crippen molar-refractivity contribution in [2.45, 2.75) is 50.6 Å². The molecule has 0 bridgehead atoms. The van der Waals surface area contributed by atoms with Gasteiger partial charge in [-0.1, -0.05) is 25.1 Å². The molecule has 3 nitrogen and oxygen atoms in total. The highest BCUT2D eigenvalue weighted by Crippen LogP contribution is 2.29. The van der Waals surface area contributed by atoms with Crippen molar-refractivity contribution in [3.63, 3.8) is 0 Å². The largest absolute Gasteiger partial charge is 0.416 e. The molecule has 0 radical (unpaired) electrons. The molecule has 1 saturated carbocycles. The zero-order chi connectivity index (χ0) is 17.7. The maximum atomic E-state index is 12.7. The van der Waals surface area contributed by atoms with E-state index in [1.165, 1.54) is 12.1 Å². The van der Waals surface area contributed by atoms with Crippen LogP contribution in [0.15, 0.2) is 24.3 Å². The van der Waals surface area contributed by atoms with Crippen LogP contribution in [0.2, 0.25) is 0 Å². The van der Waals surface area contributed by atoms with Crippen molar-refractivity contribution in [3.8, 4) is 0 Å². The second kappa shape index (κ2) is 8.14. The number of hydrogen-bond acceptors (Lipinski definition) is 2. The van der Waals surface area contributed by atoms with E-state index in [9.17, 15) is 22.2 Å². The lowest BCUT2D eigenvalue weighted by molar-refractivity contribution is -0.137. The zero-order valence-electron chi connectivity index (χ0n) is 13.6. The second-order valence-electron chi connectivity index (χ2n) is 6.45. The summed E-state index contributed by atoms with van der Waals surface area (Å²) in [6.07, 6.45) is -0.441. The van der Waals surface area contributed by atoms with Crippen molar-refractivity contribution < 1.29 is 22.2 Å². The molecule has 1 aliphatic rings. The molecule has 1 amide bonds. The Hall–Kier alpha value is -1.37. The number of carbonyl (C=O) groups is 1. The molecule has 1 N–H and O–H groups in total. The minimum absolute atomic E-state index is 0.0565. The van der Waals surface area contributed by atoms with Crippen LogP contribution in [-0.2, 0) is 27.5 Å². The first-order valence-electron chi connectivity index (χ1n) is 8.04. The summed E-state index contributed by atoms with van der Waals surface area (Å²) in [6, 6.07) is 4.87. The highest BCUT2D eigenvalue weighted by Gasteiger charge is 2.30. The number of amides is 1. The quantitative estimate of drug-likeness (QED) is 0.870. The normalized spacial score (nSPS) is 22.8. The van der Waals surface area contributed by atoms with E-state index < -0.39 is 22.5 Å². The third kappa shape index (κ3) is 5.92. The molecule has 1 atom stereocenters. The average Bonchev–Trinajstić information content (AvgIpc) is 2.49.